The van der Waals surface area contributed by atoms with Gasteiger partial charge in [-0.2, -0.15) is 0 Å². The van der Waals surface area contributed by atoms with E-state index in [0.29, 0.717) is 17.9 Å². The van der Waals surface area contributed by atoms with Gasteiger partial charge in [-0.05, 0) is 42.7 Å². The first-order chi connectivity index (χ1) is 10.2. The molecule has 0 bridgehead atoms. The Morgan fingerprint density at radius 3 is 2.81 bits per heavy atom. The van der Waals surface area contributed by atoms with E-state index in [1.165, 1.54) is 18.7 Å². The van der Waals surface area contributed by atoms with Crippen molar-refractivity contribution < 1.29 is 14.6 Å². The van der Waals surface area contributed by atoms with Crippen LogP contribution in [-0.2, 0) is 6.42 Å². The molecule has 0 saturated carbocycles. The van der Waals surface area contributed by atoms with Crippen molar-refractivity contribution in [2.45, 2.75) is 12.8 Å². The molecule has 4 nitrogen and oxygen atoms in total. The molecule has 0 fully saturated rings. The Kier molecular flexibility index (Phi) is 3.52. The fourth-order valence-electron chi connectivity index (χ4n) is 2.72. The molecule has 108 valence electrons. The number of nitrogens with zero attached hydrogens (tertiary/aromatic N) is 1. The minimum absolute atomic E-state index is 0.0198. The summed E-state index contributed by atoms with van der Waals surface area (Å²) in [6.07, 6.45) is 1.94. The molecule has 1 aliphatic rings. The van der Waals surface area contributed by atoms with Crippen LogP contribution in [0, 0.1) is 0 Å². The van der Waals surface area contributed by atoms with Crippen LogP contribution in [-0.4, -0.2) is 24.7 Å². The average Bonchev–Trinajstić information content (AvgIpc) is 2.53. The molecule has 1 aliphatic heterocycles. The summed E-state index contributed by atoms with van der Waals surface area (Å²) in [5, 5.41) is 9.84. The Hall–Kier alpha value is -2.49. The Bertz CT molecular complexity index is 681. The highest BCUT2D eigenvalue weighted by Crippen LogP contribution is 2.30. The SMILES string of the molecule is COc1ccc(C(=O)N2CCCc3ccccc32)cc1O. The molecule has 0 saturated heterocycles. The monoisotopic (exact) mass is 283 g/mol. The zero-order valence-electron chi connectivity index (χ0n) is 11.9. The van der Waals surface area contributed by atoms with Crippen molar-refractivity contribution in [3.63, 3.8) is 0 Å². The third-order valence-corrected chi connectivity index (χ3v) is 3.78. The first kappa shape index (κ1) is 13.5. The standard InChI is InChI=1S/C17H17NO3/c1-21-16-9-8-13(11-15(16)19)17(20)18-10-4-6-12-5-2-3-7-14(12)18/h2-3,5,7-9,11,19H,4,6,10H2,1H3. The largest absolute Gasteiger partial charge is 0.504 e. The second kappa shape index (κ2) is 5.48. The Morgan fingerprint density at radius 1 is 1.24 bits per heavy atom. The number of amides is 1. The van der Waals surface area contributed by atoms with Crippen molar-refractivity contribution in [1.82, 2.24) is 0 Å². The zero-order valence-corrected chi connectivity index (χ0v) is 11.9. The van der Waals surface area contributed by atoms with E-state index in [-0.39, 0.29) is 11.7 Å². The van der Waals surface area contributed by atoms with Crippen LogP contribution in [0.4, 0.5) is 5.69 Å². The van der Waals surface area contributed by atoms with Crippen LogP contribution in [0.3, 0.4) is 0 Å². The number of aromatic hydroxyl groups is 1. The van der Waals surface area contributed by atoms with Crippen LogP contribution >= 0.6 is 0 Å². The van der Waals surface area contributed by atoms with Gasteiger partial charge in [0.05, 0.1) is 7.11 Å². The molecule has 2 aromatic rings. The second-order valence-electron chi connectivity index (χ2n) is 5.08. The van der Waals surface area contributed by atoms with Crippen LogP contribution in [0.1, 0.15) is 22.3 Å². The first-order valence-corrected chi connectivity index (χ1v) is 6.97. The maximum atomic E-state index is 12.7. The number of fused-ring (bicyclic) bond motifs is 1. The summed E-state index contributed by atoms with van der Waals surface area (Å²) < 4.78 is 5.01. The lowest BCUT2D eigenvalue weighted by Crippen LogP contribution is -2.35. The Balaban J connectivity index is 1.95. The molecule has 1 heterocycles. The van der Waals surface area contributed by atoms with Crippen molar-refractivity contribution in [3.8, 4) is 11.5 Å². The lowest BCUT2D eigenvalue weighted by molar-refractivity contribution is 0.0984. The van der Waals surface area contributed by atoms with Crippen LogP contribution in [0.15, 0.2) is 42.5 Å². The number of hydrogen-bond acceptors (Lipinski definition) is 3. The number of ether oxygens (including phenoxy) is 1. The van der Waals surface area contributed by atoms with Crippen LogP contribution in [0.2, 0.25) is 0 Å². The highest BCUT2D eigenvalue weighted by atomic mass is 16.5. The lowest BCUT2D eigenvalue weighted by Gasteiger charge is -2.29. The molecule has 0 aliphatic carbocycles. The highest BCUT2D eigenvalue weighted by molar-refractivity contribution is 6.07. The summed E-state index contributed by atoms with van der Waals surface area (Å²) in [7, 11) is 1.48. The molecule has 21 heavy (non-hydrogen) atoms. The molecular formula is C17H17NO3. The van der Waals surface area contributed by atoms with Gasteiger partial charge in [0.25, 0.3) is 5.91 Å². The number of aryl methyl sites for hydroxylation is 1. The summed E-state index contributed by atoms with van der Waals surface area (Å²) in [5.74, 6) is 0.249. The van der Waals surface area contributed by atoms with Crippen molar-refractivity contribution in [2.24, 2.45) is 0 Å². The van der Waals surface area contributed by atoms with E-state index in [1.807, 2.05) is 18.2 Å². The van der Waals surface area contributed by atoms with E-state index in [1.54, 1.807) is 17.0 Å². The Morgan fingerprint density at radius 2 is 2.05 bits per heavy atom. The smallest absolute Gasteiger partial charge is 0.258 e. The van der Waals surface area contributed by atoms with Gasteiger partial charge in [0.1, 0.15) is 0 Å². The molecule has 0 atom stereocenters. The van der Waals surface area contributed by atoms with Gasteiger partial charge in [-0.1, -0.05) is 18.2 Å². The minimum atomic E-state index is -0.0971. The summed E-state index contributed by atoms with van der Waals surface area (Å²) >= 11 is 0. The van der Waals surface area contributed by atoms with Gasteiger partial charge < -0.3 is 14.7 Å². The molecule has 0 aromatic heterocycles. The highest BCUT2D eigenvalue weighted by Gasteiger charge is 2.23. The fourth-order valence-corrected chi connectivity index (χ4v) is 2.72. The third-order valence-electron chi connectivity index (χ3n) is 3.78. The van der Waals surface area contributed by atoms with Gasteiger partial charge in [0.2, 0.25) is 0 Å². The van der Waals surface area contributed by atoms with Crippen LogP contribution in [0.25, 0.3) is 0 Å². The number of carbonyl (C=O) groups excluding carboxylic acids is 1. The molecule has 4 heteroatoms. The molecule has 1 amide bonds. The van der Waals surface area contributed by atoms with E-state index in [9.17, 15) is 9.90 Å². The summed E-state index contributed by atoms with van der Waals surface area (Å²) in [6, 6.07) is 12.7. The number of carbonyl (C=O) groups is 1. The second-order valence-corrected chi connectivity index (χ2v) is 5.08. The maximum absolute atomic E-state index is 12.7. The average molecular weight is 283 g/mol. The molecule has 2 aromatic carbocycles. The van der Waals surface area contributed by atoms with Gasteiger partial charge in [0.15, 0.2) is 11.5 Å². The number of hydrogen-bond donors (Lipinski definition) is 1. The number of rotatable bonds is 2. The van der Waals surface area contributed by atoms with E-state index in [0.717, 1.165) is 18.5 Å². The molecular weight excluding hydrogens is 266 g/mol. The predicted octanol–water partition coefficient (Wildman–Crippen LogP) is 2.99. The molecule has 0 spiro atoms. The summed E-state index contributed by atoms with van der Waals surface area (Å²) in [5.41, 5.74) is 2.61. The van der Waals surface area contributed by atoms with E-state index in [4.69, 9.17) is 4.74 Å². The normalized spacial score (nSPS) is 13.7. The van der Waals surface area contributed by atoms with Crippen molar-refractivity contribution in [1.29, 1.82) is 0 Å². The number of phenolic OH excluding ortho intramolecular Hbond substituents is 1. The van der Waals surface area contributed by atoms with Crippen molar-refractivity contribution >= 4 is 11.6 Å². The number of para-hydroxylation sites is 1. The quantitative estimate of drug-likeness (QED) is 0.921. The van der Waals surface area contributed by atoms with E-state index in [2.05, 4.69) is 6.07 Å². The number of anilines is 1. The molecule has 0 radical (unpaired) electrons. The lowest BCUT2D eigenvalue weighted by atomic mass is 10.0. The van der Waals surface area contributed by atoms with Gasteiger partial charge >= 0.3 is 0 Å². The number of phenols is 1. The number of methoxy groups -OCH3 is 1. The van der Waals surface area contributed by atoms with Gasteiger partial charge in [-0.15, -0.1) is 0 Å². The van der Waals surface area contributed by atoms with E-state index < -0.39 is 0 Å². The molecule has 3 rings (SSSR count). The topological polar surface area (TPSA) is 49.8 Å². The summed E-state index contributed by atoms with van der Waals surface area (Å²) in [6.45, 7) is 0.697. The molecule has 1 N–H and O–H groups in total. The Labute approximate surface area is 123 Å². The maximum Gasteiger partial charge on any atom is 0.258 e. The van der Waals surface area contributed by atoms with Crippen molar-refractivity contribution in [2.75, 3.05) is 18.6 Å². The van der Waals surface area contributed by atoms with Crippen molar-refractivity contribution in [3.05, 3.63) is 53.6 Å². The van der Waals surface area contributed by atoms with E-state index >= 15 is 0 Å². The zero-order chi connectivity index (χ0) is 14.8. The fraction of sp³-hybridized carbons (Fsp3) is 0.235. The predicted molar refractivity (Wildman–Crippen MR) is 81.1 cm³/mol. The third kappa shape index (κ3) is 2.44. The van der Waals surface area contributed by atoms with Crippen LogP contribution in [0.5, 0.6) is 11.5 Å². The van der Waals surface area contributed by atoms with Gasteiger partial charge in [-0.3, -0.25) is 4.79 Å². The van der Waals surface area contributed by atoms with Gasteiger partial charge in [-0.25, -0.2) is 0 Å². The molecule has 0 unspecified atom stereocenters. The van der Waals surface area contributed by atoms with Crippen LogP contribution < -0.4 is 9.64 Å². The van der Waals surface area contributed by atoms with Gasteiger partial charge in [0, 0.05) is 17.8 Å². The number of benzene rings is 2. The minimum Gasteiger partial charge on any atom is -0.504 e. The summed E-state index contributed by atoms with van der Waals surface area (Å²) in [4.78, 5) is 14.5. The first-order valence-electron chi connectivity index (χ1n) is 6.97.